The van der Waals surface area contributed by atoms with Crippen molar-refractivity contribution in [2.24, 2.45) is 5.41 Å². The average molecular weight is 401 g/mol. The van der Waals surface area contributed by atoms with E-state index in [0.717, 1.165) is 16.7 Å². The van der Waals surface area contributed by atoms with Gasteiger partial charge in [-0.3, -0.25) is 14.9 Å². The van der Waals surface area contributed by atoms with E-state index in [-0.39, 0.29) is 28.6 Å². The Hall–Kier alpha value is -2.51. The van der Waals surface area contributed by atoms with Crippen LogP contribution in [0.4, 0.5) is 5.69 Å². The summed E-state index contributed by atoms with van der Waals surface area (Å²) in [5.41, 5.74) is 3.41. The molecule has 1 N–H and O–H groups in total. The number of hydrogen-bond acceptors (Lipinski definition) is 6. The second-order valence-electron chi connectivity index (χ2n) is 8.28. The predicted molar refractivity (Wildman–Crippen MR) is 108 cm³/mol. The maximum Gasteiger partial charge on any atom is 0.309 e. The molecule has 1 heterocycles. The molecule has 3 atom stereocenters. The van der Waals surface area contributed by atoms with Crippen LogP contribution in [0.15, 0.2) is 35.9 Å². The first-order chi connectivity index (χ1) is 13.6. The van der Waals surface area contributed by atoms with Crippen LogP contribution in [0.5, 0.6) is 0 Å². The Labute approximate surface area is 170 Å². The molecule has 1 aliphatic heterocycles. The second-order valence-corrected chi connectivity index (χ2v) is 8.28. The number of methoxy groups -OCH3 is 1. The maximum absolute atomic E-state index is 11.6. The van der Waals surface area contributed by atoms with E-state index in [1.165, 1.54) is 6.07 Å². The van der Waals surface area contributed by atoms with Crippen molar-refractivity contribution in [3.63, 3.8) is 0 Å². The molecular formula is C22H27NO6. The van der Waals surface area contributed by atoms with Crippen LogP contribution in [0.1, 0.15) is 44.2 Å². The summed E-state index contributed by atoms with van der Waals surface area (Å²) in [7, 11) is 1.68. The van der Waals surface area contributed by atoms with Gasteiger partial charge in [-0.2, -0.15) is 0 Å². The van der Waals surface area contributed by atoms with Gasteiger partial charge in [-0.25, -0.2) is 0 Å². The number of aliphatic hydroxyl groups is 1. The molecule has 0 aromatic heterocycles. The quantitative estimate of drug-likeness (QED) is 0.459. The molecule has 7 heteroatoms. The molecule has 3 unspecified atom stereocenters. The molecule has 7 nitrogen and oxygen atoms in total. The van der Waals surface area contributed by atoms with E-state index in [1.54, 1.807) is 20.1 Å². The topological polar surface area (TPSA) is 98.9 Å². The molecule has 1 aromatic rings. The number of esters is 1. The van der Waals surface area contributed by atoms with Gasteiger partial charge in [0, 0.05) is 37.0 Å². The molecule has 0 spiro atoms. The molecule has 0 saturated carbocycles. The minimum atomic E-state index is -0.694. The number of benzene rings is 1. The van der Waals surface area contributed by atoms with E-state index in [2.05, 4.69) is 13.8 Å². The first kappa shape index (κ1) is 21.2. The van der Waals surface area contributed by atoms with Gasteiger partial charge in [0.25, 0.3) is 5.69 Å². The van der Waals surface area contributed by atoms with Gasteiger partial charge in [0.1, 0.15) is 6.10 Å². The molecule has 2 aliphatic rings. The number of allylic oxidation sites excluding steroid dienone is 1. The van der Waals surface area contributed by atoms with Crippen LogP contribution in [0.25, 0.3) is 5.57 Å². The normalized spacial score (nSPS) is 26.8. The highest BCUT2D eigenvalue weighted by Gasteiger charge is 2.41. The Morgan fingerprint density at radius 3 is 2.66 bits per heavy atom. The van der Waals surface area contributed by atoms with Crippen molar-refractivity contribution in [2.45, 2.75) is 58.3 Å². The van der Waals surface area contributed by atoms with E-state index in [9.17, 15) is 20.0 Å². The maximum atomic E-state index is 11.6. The molecule has 1 aliphatic carbocycles. The first-order valence-electron chi connectivity index (χ1n) is 9.71. The van der Waals surface area contributed by atoms with Crippen LogP contribution in [0, 0.1) is 22.5 Å². The molecule has 0 bridgehead atoms. The predicted octanol–water partition coefficient (Wildman–Crippen LogP) is 3.72. The fourth-order valence-electron chi connectivity index (χ4n) is 4.26. The van der Waals surface area contributed by atoms with Crippen molar-refractivity contribution < 1.29 is 24.3 Å². The third-order valence-electron chi connectivity index (χ3n) is 5.91. The Morgan fingerprint density at radius 1 is 1.34 bits per heavy atom. The summed E-state index contributed by atoms with van der Waals surface area (Å²) in [5, 5.41) is 21.0. The van der Waals surface area contributed by atoms with E-state index in [4.69, 9.17) is 9.47 Å². The number of nitro benzene ring substituents is 1. The molecular weight excluding hydrogens is 374 g/mol. The van der Waals surface area contributed by atoms with E-state index >= 15 is 0 Å². The van der Waals surface area contributed by atoms with Crippen molar-refractivity contribution in [2.75, 3.05) is 7.11 Å². The molecule has 1 saturated heterocycles. The van der Waals surface area contributed by atoms with Gasteiger partial charge in [0.2, 0.25) is 0 Å². The van der Waals surface area contributed by atoms with Crippen molar-refractivity contribution in [1.29, 1.82) is 0 Å². The standard InChI is InChI=1S/C22H27NO6/c1-13-9-14(5-8-19(13)23(26)27)17-12-20(28-4)22(2,3)18(17)7-6-16-10-15(24)11-21(25)29-16/h5-9,15-16,20,24H,10-12H2,1-4H3. The van der Waals surface area contributed by atoms with Crippen LogP contribution in [0.3, 0.4) is 0 Å². The molecule has 29 heavy (non-hydrogen) atoms. The van der Waals surface area contributed by atoms with Gasteiger partial charge in [0.05, 0.1) is 23.6 Å². The fraction of sp³-hybridized carbons (Fsp3) is 0.500. The minimum Gasteiger partial charge on any atom is -0.458 e. The van der Waals surface area contributed by atoms with Gasteiger partial charge < -0.3 is 14.6 Å². The third kappa shape index (κ3) is 4.26. The zero-order valence-corrected chi connectivity index (χ0v) is 17.2. The monoisotopic (exact) mass is 401 g/mol. The number of aliphatic hydroxyl groups excluding tert-OH is 1. The summed E-state index contributed by atoms with van der Waals surface area (Å²) in [6.07, 6.45) is 3.61. The molecule has 1 aromatic carbocycles. The van der Waals surface area contributed by atoms with Crippen molar-refractivity contribution in [1.82, 2.24) is 0 Å². The summed E-state index contributed by atoms with van der Waals surface area (Å²) in [5.74, 6) is -0.404. The number of nitro groups is 1. The van der Waals surface area contributed by atoms with E-state index < -0.39 is 18.2 Å². The highest BCUT2D eigenvalue weighted by atomic mass is 16.6. The summed E-state index contributed by atoms with van der Waals surface area (Å²) >= 11 is 0. The molecule has 1 fully saturated rings. The summed E-state index contributed by atoms with van der Waals surface area (Å²) < 4.78 is 11.0. The second kappa shape index (κ2) is 8.08. The average Bonchev–Trinajstić information content (AvgIpc) is 2.88. The van der Waals surface area contributed by atoms with Gasteiger partial charge in [0.15, 0.2) is 0 Å². The molecule has 3 rings (SSSR count). The fourth-order valence-corrected chi connectivity index (χ4v) is 4.26. The number of cyclic esters (lactones) is 1. The first-order valence-corrected chi connectivity index (χ1v) is 9.71. The number of carbonyl (C=O) groups is 1. The van der Waals surface area contributed by atoms with E-state index in [0.29, 0.717) is 18.4 Å². The number of rotatable bonds is 5. The molecule has 156 valence electrons. The highest BCUT2D eigenvalue weighted by Crippen LogP contribution is 2.49. The van der Waals surface area contributed by atoms with Crippen LogP contribution < -0.4 is 0 Å². The van der Waals surface area contributed by atoms with Gasteiger partial charge >= 0.3 is 5.97 Å². The zero-order valence-electron chi connectivity index (χ0n) is 17.2. The Morgan fingerprint density at radius 2 is 2.07 bits per heavy atom. The van der Waals surface area contributed by atoms with Crippen LogP contribution in [0.2, 0.25) is 0 Å². The largest absolute Gasteiger partial charge is 0.458 e. The van der Waals surface area contributed by atoms with Gasteiger partial charge in [-0.15, -0.1) is 0 Å². The number of aryl methyl sites for hydroxylation is 1. The van der Waals surface area contributed by atoms with Gasteiger partial charge in [-0.05, 0) is 41.8 Å². The summed E-state index contributed by atoms with van der Waals surface area (Å²) in [6.45, 7) is 5.91. The third-order valence-corrected chi connectivity index (χ3v) is 5.91. The number of ether oxygens (including phenoxy) is 2. The Kier molecular flexibility index (Phi) is 5.91. The number of nitrogens with zero attached hydrogens (tertiary/aromatic N) is 1. The Bertz CT molecular complexity index is 885. The highest BCUT2D eigenvalue weighted by molar-refractivity contribution is 5.77. The van der Waals surface area contributed by atoms with Crippen LogP contribution >= 0.6 is 0 Å². The lowest BCUT2D eigenvalue weighted by Crippen LogP contribution is -2.31. The number of hydrogen-bond donors (Lipinski definition) is 1. The summed E-state index contributed by atoms with van der Waals surface area (Å²) in [6, 6.07) is 5.14. The van der Waals surface area contributed by atoms with Crippen molar-refractivity contribution >= 4 is 17.2 Å². The smallest absolute Gasteiger partial charge is 0.309 e. The lowest BCUT2D eigenvalue weighted by molar-refractivity contribution is -0.385. The molecule has 0 amide bonds. The van der Waals surface area contributed by atoms with Crippen LogP contribution in [-0.4, -0.2) is 41.4 Å². The summed E-state index contributed by atoms with van der Waals surface area (Å²) in [4.78, 5) is 22.4. The lowest BCUT2D eigenvalue weighted by Gasteiger charge is -2.29. The van der Waals surface area contributed by atoms with Crippen molar-refractivity contribution in [3.8, 4) is 0 Å². The molecule has 0 radical (unpaired) electrons. The number of carbonyl (C=O) groups excluding carboxylic acids is 1. The SMILES string of the molecule is COC1CC(c2ccc([N+](=O)[O-])c(C)c2)=C(C=CC2CC(O)CC(=O)O2)C1(C)C. The van der Waals surface area contributed by atoms with Crippen LogP contribution in [-0.2, 0) is 14.3 Å². The lowest BCUT2D eigenvalue weighted by atomic mass is 9.82. The van der Waals surface area contributed by atoms with Crippen molar-refractivity contribution in [3.05, 3.63) is 57.2 Å². The minimum absolute atomic E-state index is 0.0254. The Balaban J connectivity index is 2.00. The van der Waals surface area contributed by atoms with Gasteiger partial charge in [-0.1, -0.05) is 19.9 Å². The van der Waals surface area contributed by atoms with E-state index in [1.807, 2.05) is 18.2 Å². The zero-order chi connectivity index (χ0) is 21.3.